The van der Waals surface area contributed by atoms with Gasteiger partial charge in [-0.15, -0.1) is 0 Å². The standard InChI is InChI=1S/C25H23N5/c26-17-21-23(19-11-5-3-6-12-19)22(18-27)25(30-15-9-1-2-10-16-30)29-24(21)28-20-13-7-4-8-14-20/h3-8,11-14H,1-2,9-10,15-16H2,(H,28,29). The Labute approximate surface area is 177 Å². The summed E-state index contributed by atoms with van der Waals surface area (Å²) >= 11 is 0. The third-order valence-electron chi connectivity index (χ3n) is 5.41. The Morgan fingerprint density at radius 2 is 1.37 bits per heavy atom. The van der Waals surface area contributed by atoms with E-state index >= 15 is 0 Å². The summed E-state index contributed by atoms with van der Waals surface area (Å²) in [7, 11) is 0. The lowest BCUT2D eigenvalue weighted by Gasteiger charge is -2.25. The lowest BCUT2D eigenvalue weighted by atomic mass is 9.95. The largest absolute Gasteiger partial charge is 0.355 e. The number of anilines is 3. The molecule has 148 valence electrons. The van der Waals surface area contributed by atoms with Crippen LogP contribution in [0.2, 0.25) is 0 Å². The molecule has 5 nitrogen and oxygen atoms in total. The second kappa shape index (κ2) is 9.11. The third kappa shape index (κ3) is 3.97. The highest BCUT2D eigenvalue weighted by Gasteiger charge is 2.25. The summed E-state index contributed by atoms with van der Waals surface area (Å²) in [6.45, 7) is 1.74. The molecule has 0 aliphatic carbocycles. The summed E-state index contributed by atoms with van der Waals surface area (Å²) < 4.78 is 0. The molecule has 0 bridgehead atoms. The van der Waals surface area contributed by atoms with E-state index in [4.69, 9.17) is 4.98 Å². The molecule has 1 aliphatic rings. The first kappa shape index (κ1) is 19.5. The second-order valence-electron chi connectivity index (χ2n) is 7.39. The van der Waals surface area contributed by atoms with Gasteiger partial charge in [0.1, 0.15) is 29.1 Å². The van der Waals surface area contributed by atoms with Crippen LogP contribution in [0.25, 0.3) is 11.1 Å². The fraction of sp³-hybridized carbons (Fsp3) is 0.240. The van der Waals surface area contributed by atoms with Gasteiger partial charge in [-0.1, -0.05) is 61.4 Å². The summed E-state index contributed by atoms with van der Waals surface area (Å²) in [4.78, 5) is 7.03. The molecule has 2 aromatic carbocycles. The van der Waals surface area contributed by atoms with Gasteiger partial charge in [0.2, 0.25) is 0 Å². The minimum atomic E-state index is 0.389. The third-order valence-corrected chi connectivity index (χ3v) is 5.41. The molecule has 0 atom stereocenters. The number of hydrogen-bond donors (Lipinski definition) is 1. The highest BCUT2D eigenvalue weighted by molar-refractivity contribution is 5.86. The summed E-state index contributed by atoms with van der Waals surface area (Å²) in [5.41, 5.74) is 3.21. The molecular formula is C25H23N5. The molecule has 0 amide bonds. The molecule has 1 fully saturated rings. The first-order valence-corrected chi connectivity index (χ1v) is 10.3. The molecule has 5 heteroatoms. The highest BCUT2D eigenvalue weighted by atomic mass is 15.2. The smallest absolute Gasteiger partial charge is 0.151 e. The molecule has 1 aliphatic heterocycles. The van der Waals surface area contributed by atoms with Crippen LogP contribution in [0.5, 0.6) is 0 Å². The normalized spacial score (nSPS) is 13.7. The number of nitrogens with one attached hydrogen (secondary N) is 1. The topological polar surface area (TPSA) is 75.7 Å². The van der Waals surface area contributed by atoms with E-state index in [9.17, 15) is 10.5 Å². The van der Waals surface area contributed by atoms with Gasteiger partial charge in [0, 0.05) is 24.3 Å². The van der Waals surface area contributed by atoms with Crippen molar-refractivity contribution < 1.29 is 0 Å². The fourth-order valence-electron chi connectivity index (χ4n) is 3.94. The van der Waals surface area contributed by atoms with Crippen molar-refractivity contribution in [1.29, 1.82) is 10.5 Å². The number of aromatic nitrogens is 1. The van der Waals surface area contributed by atoms with E-state index in [0.29, 0.717) is 28.3 Å². The van der Waals surface area contributed by atoms with Gasteiger partial charge in [-0.2, -0.15) is 10.5 Å². The van der Waals surface area contributed by atoms with E-state index < -0.39 is 0 Å². The Hall–Kier alpha value is -3.83. The van der Waals surface area contributed by atoms with E-state index in [1.54, 1.807) is 0 Å². The first-order valence-electron chi connectivity index (χ1n) is 10.3. The van der Waals surface area contributed by atoms with Gasteiger partial charge < -0.3 is 10.2 Å². The molecule has 1 saturated heterocycles. The molecule has 4 rings (SSSR count). The lowest BCUT2D eigenvalue weighted by Crippen LogP contribution is -2.26. The van der Waals surface area contributed by atoms with E-state index in [-0.39, 0.29) is 0 Å². The van der Waals surface area contributed by atoms with Gasteiger partial charge in [0.05, 0.1) is 0 Å². The minimum absolute atomic E-state index is 0.389. The van der Waals surface area contributed by atoms with Crippen molar-refractivity contribution in [3.05, 3.63) is 71.8 Å². The Morgan fingerprint density at radius 3 is 1.97 bits per heavy atom. The molecule has 2 heterocycles. The molecule has 1 aromatic heterocycles. The van der Waals surface area contributed by atoms with E-state index in [1.165, 1.54) is 12.8 Å². The summed E-state index contributed by atoms with van der Waals surface area (Å²) in [5, 5.41) is 23.5. The van der Waals surface area contributed by atoms with Crippen molar-refractivity contribution >= 4 is 17.3 Å². The van der Waals surface area contributed by atoms with Crippen LogP contribution in [0.15, 0.2) is 60.7 Å². The molecule has 3 aromatic rings. The van der Waals surface area contributed by atoms with E-state index in [0.717, 1.165) is 37.2 Å². The van der Waals surface area contributed by atoms with Crippen LogP contribution in [0.4, 0.5) is 17.3 Å². The van der Waals surface area contributed by atoms with Crippen molar-refractivity contribution in [2.75, 3.05) is 23.3 Å². The van der Waals surface area contributed by atoms with Crippen molar-refractivity contribution in [3.8, 4) is 23.3 Å². The Bertz CT molecular complexity index is 1090. The number of para-hydroxylation sites is 1. The molecule has 0 unspecified atom stereocenters. The summed E-state index contributed by atoms with van der Waals surface area (Å²) in [5.74, 6) is 1.15. The number of nitriles is 2. The van der Waals surface area contributed by atoms with Crippen molar-refractivity contribution in [2.24, 2.45) is 0 Å². The van der Waals surface area contributed by atoms with Crippen molar-refractivity contribution in [2.45, 2.75) is 25.7 Å². The van der Waals surface area contributed by atoms with Crippen LogP contribution in [-0.4, -0.2) is 18.1 Å². The van der Waals surface area contributed by atoms with Crippen molar-refractivity contribution in [3.63, 3.8) is 0 Å². The minimum Gasteiger partial charge on any atom is -0.355 e. The zero-order chi connectivity index (χ0) is 20.8. The number of pyridine rings is 1. The van der Waals surface area contributed by atoms with Gasteiger partial charge in [-0.3, -0.25) is 0 Å². The van der Waals surface area contributed by atoms with Gasteiger partial charge in [-0.25, -0.2) is 4.98 Å². The summed E-state index contributed by atoms with van der Waals surface area (Å²) in [6.07, 6.45) is 4.54. The maximum Gasteiger partial charge on any atom is 0.151 e. The first-order chi connectivity index (χ1) is 14.8. The Morgan fingerprint density at radius 1 is 0.767 bits per heavy atom. The highest BCUT2D eigenvalue weighted by Crippen LogP contribution is 2.37. The van der Waals surface area contributed by atoms with Crippen molar-refractivity contribution in [1.82, 2.24) is 4.98 Å². The zero-order valence-electron chi connectivity index (χ0n) is 16.8. The van der Waals surface area contributed by atoms with Crippen LogP contribution in [0.3, 0.4) is 0 Å². The number of hydrogen-bond acceptors (Lipinski definition) is 5. The molecule has 0 radical (unpaired) electrons. The Balaban J connectivity index is 1.94. The number of rotatable bonds is 4. The monoisotopic (exact) mass is 393 g/mol. The predicted octanol–water partition coefficient (Wildman–Crippen LogP) is 5.62. The van der Waals surface area contributed by atoms with Gasteiger partial charge in [0.15, 0.2) is 5.82 Å². The average molecular weight is 393 g/mol. The second-order valence-corrected chi connectivity index (χ2v) is 7.39. The number of benzene rings is 2. The van der Waals surface area contributed by atoms with Crippen LogP contribution < -0.4 is 10.2 Å². The molecule has 0 spiro atoms. The zero-order valence-corrected chi connectivity index (χ0v) is 16.8. The van der Waals surface area contributed by atoms with Gasteiger partial charge >= 0.3 is 0 Å². The molecular weight excluding hydrogens is 370 g/mol. The average Bonchev–Trinajstić information content (AvgIpc) is 3.09. The summed E-state index contributed by atoms with van der Waals surface area (Å²) in [6, 6.07) is 24.0. The van der Waals surface area contributed by atoms with Gasteiger partial charge in [-0.05, 0) is 30.5 Å². The molecule has 30 heavy (non-hydrogen) atoms. The lowest BCUT2D eigenvalue weighted by molar-refractivity contribution is 0.726. The molecule has 0 saturated carbocycles. The predicted molar refractivity (Wildman–Crippen MR) is 120 cm³/mol. The fourth-order valence-corrected chi connectivity index (χ4v) is 3.94. The maximum absolute atomic E-state index is 10.1. The van der Waals surface area contributed by atoms with Crippen LogP contribution in [0, 0.1) is 22.7 Å². The van der Waals surface area contributed by atoms with Crippen LogP contribution in [0.1, 0.15) is 36.8 Å². The van der Waals surface area contributed by atoms with E-state index in [1.807, 2.05) is 60.7 Å². The molecule has 1 N–H and O–H groups in total. The van der Waals surface area contributed by atoms with Crippen LogP contribution in [-0.2, 0) is 0 Å². The quantitative estimate of drug-likeness (QED) is 0.623. The number of nitrogens with zero attached hydrogens (tertiary/aromatic N) is 4. The SMILES string of the molecule is N#Cc1c(Nc2ccccc2)nc(N2CCCCCC2)c(C#N)c1-c1ccccc1. The Kier molecular flexibility index (Phi) is 5.92. The van der Waals surface area contributed by atoms with Crippen LogP contribution >= 0.6 is 0 Å². The van der Waals surface area contributed by atoms with E-state index in [2.05, 4.69) is 22.4 Å². The van der Waals surface area contributed by atoms with Gasteiger partial charge in [0.25, 0.3) is 0 Å². The maximum atomic E-state index is 10.1.